The number of pyridine rings is 1. The van der Waals surface area contributed by atoms with Crippen molar-refractivity contribution in [3.8, 4) is 0 Å². The van der Waals surface area contributed by atoms with Crippen molar-refractivity contribution in [2.24, 2.45) is 4.99 Å². The number of hydrogen-bond donors (Lipinski definition) is 0. The second kappa shape index (κ2) is 9.08. The van der Waals surface area contributed by atoms with E-state index in [4.69, 9.17) is 0 Å². The molecule has 2 atom stereocenters. The highest BCUT2D eigenvalue weighted by molar-refractivity contribution is 5.85. The summed E-state index contributed by atoms with van der Waals surface area (Å²) in [6, 6.07) is 8.80. The molecule has 0 bridgehead atoms. The van der Waals surface area contributed by atoms with Gasteiger partial charge in [0, 0.05) is 56.1 Å². The maximum absolute atomic E-state index is 13.8. The first kappa shape index (κ1) is 20.7. The van der Waals surface area contributed by atoms with E-state index in [9.17, 15) is 9.18 Å². The molecule has 0 radical (unpaired) electrons. The highest BCUT2D eigenvalue weighted by Crippen LogP contribution is 2.26. The van der Waals surface area contributed by atoms with Crippen LogP contribution in [0.2, 0.25) is 0 Å². The Morgan fingerprint density at radius 1 is 1.30 bits per heavy atom. The van der Waals surface area contributed by atoms with E-state index in [-0.39, 0.29) is 18.5 Å². The number of rotatable bonds is 6. The lowest BCUT2D eigenvalue weighted by Crippen LogP contribution is -2.48. The van der Waals surface area contributed by atoms with Gasteiger partial charge in [0.2, 0.25) is 5.91 Å². The number of amides is 1. The first-order chi connectivity index (χ1) is 14.5. The standard InChI is InChI=1S/C23H30FN5O/c1-25-14-22-12-19(24)15-29(22)23(30)16-28-9-6-20(7-10-28)27(2)21-4-3-17-5-8-26-13-18(17)11-21/h3-5,8,11,13,19-20,22H,1,6-7,9-10,12,14-16H2,2H3/t19-,22-/m0/s1. The summed E-state index contributed by atoms with van der Waals surface area (Å²) in [5.41, 5.74) is 1.19. The zero-order valence-corrected chi connectivity index (χ0v) is 17.6. The maximum atomic E-state index is 13.8. The number of anilines is 1. The fraction of sp³-hybridized carbons (Fsp3) is 0.522. The molecule has 4 rings (SSSR count). The molecule has 2 aromatic rings. The summed E-state index contributed by atoms with van der Waals surface area (Å²) in [7, 11) is 2.14. The zero-order chi connectivity index (χ0) is 21.1. The predicted molar refractivity (Wildman–Crippen MR) is 119 cm³/mol. The van der Waals surface area contributed by atoms with Gasteiger partial charge in [-0.05, 0) is 43.1 Å². The monoisotopic (exact) mass is 411 g/mol. The number of alkyl halides is 1. The third kappa shape index (κ3) is 4.46. The number of carbonyl (C=O) groups is 1. The number of fused-ring (bicyclic) bond motifs is 1. The van der Waals surface area contributed by atoms with E-state index in [0.29, 0.717) is 25.6 Å². The molecule has 6 nitrogen and oxygen atoms in total. The molecule has 2 aliphatic heterocycles. The van der Waals surface area contributed by atoms with E-state index in [0.717, 1.165) is 31.3 Å². The Labute approximate surface area is 177 Å². The average molecular weight is 412 g/mol. The Morgan fingerprint density at radius 3 is 2.87 bits per heavy atom. The van der Waals surface area contributed by atoms with Crippen LogP contribution < -0.4 is 4.90 Å². The molecule has 1 amide bonds. The van der Waals surface area contributed by atoms with Crippen LogP contribution in [0.25, 0.3) is 10.8 Å². The minimum Gasteiger partial charge on any atom is -0.371 e. The fourth-order valence-corrected chi connectivity index (χ4v) is 4.74. The summed E-state index contributed by atoms with van der Waals surface area (Å²) in [6.45, 7) is 6.20. The summed E-state index contributed by atoms with van der Waals surface area (Å²) in [4.78, 5) is 27.0. The van der Waals surface area contributed by atoms with Crippen LogP contribution >= 0.6 is 0 Å². The number of halogens is 1. The molecule has 7 heteroatoms. The van der Waals surface area contributed by atoms with Crippen LogP contribution in [-0.4, -0.2) is 85.4 Å². The van der Waals surface area contributed by atoms with E-state index < -0.39 is 6.17 Å². The van der Waals surface area contributed by atoms with E-state index in [2.05, 4.69) is 51.7 Å². The summed E-state index contributed by atoms with van der Waals surface area (Å²) in [5.74, 6) is 0.0117. The first-order valence-corrected chi connectivity index (χ1v) is 10.7. The minimum atomic E-state index is -0.947. The lowest BCUT2D eigenvalue weighted by molar-refractivity contribution is -0.133. The number of aliphatic imine (C=N–C) groups is 1. The molecule has 160 valence electrons. The summed E-state index contributed by atoms with van der Waals surface area (Å²) >= 11 is 0. The van der Waals surface area contributed by atoms with Crippen LogP contribution in [0.3, 0.4) is 0 Å². The van der Waals surface area contributed by atoms with Crippen molar-refractivity contribution < 1.29 is 9.18 Å². The average Bonchev–Trinajstić information content (AvgIpc) is 3.14. The predicted octanol–water partition coefficient (Wildman–Crippen LogP) is 2.78. The SMILES string of the molecule is C=NC[C@@H]1C[C@H](F)CN1C(=O)CN1CCC(N(C)c2ccc3ccncc3c2)CC1. The van der Waals surface area contributed by atoms with E-state index >= 15 is 0 Å². The smallest absolute Gasteiger partial charge is 0.237 e. The van der Waals surface area contributed by atoms with Gasteiger partial charge in [-0.2, -0.15) is 0 Å². The highest BCUT2D eigenvalue weighted by Gasteiger charge is 2.36. The largest absolute Gasteiger partial charge is 0.371 e. The van der Waals surface area contributed by atoms with Crippen molar-refractivity contribution >= 4 is 29.1 Å². The highest BCUT2D eigenvalue weighted by atomic mass is 19.1. The van der Waals surface area contributed by atoms with Crippen molar-refractivity contribution in [3.63, 3.8) is 0 Å². The van der Waals surface area contributed by atoms with Crippen LogP contribution in [0.4, 0.5) is 10.1 Å². The normalized spacial score (nSPS) is 23.1. The second-order valence-electron chi connectivity index (χ2n) is 8.46. The molecule has 2 fully saturated rings. The molecule has 30 heavy (non-hydrogen) atoms. The number of likely N-dealkylation sites (tertiary alicyclic amines) is 2. The number of aromatic nitrogens is 1. The second-order valence-corrected chi connectivity index (χ2v) is 8.46. The van der Waals surface area contributed by atoms with Crippen LogP contribution in [-0.2, 0) is 4.79 Å². The van der Waals surface area contributed by atoms with Crippen molar-refractivity contribution in [3.05, 3.63) is 36.7 Å². The summed E-state index contributed by atoms with van der Waals surface area (Å²) in [6.07, 6.45) is 5.14. The van der Waals surface area contributed by atoms with Gasteiger partial charge in [0.15, 0.2) is 0 Å². The number of benzene rings is 1. The van der Waals surface area contributed by atoms with Crippen LogP contribution in [0.1, 0.15) is 19.3 Å². The minimum absolute atomic E-state index is 0.0117. The molecule has 1 aromatic carbocycles. The lowest BCUT2D eigenvalue weighted by Gasteiger charge is -2.38. The van der Waals surface area contributed by atoms with Crippen LogP contribution in [0.5, 0.6) is 0 Å². The summed E-state index contributed by atoms with van der Waals surface area (Å²) < 4.78 is 13.8. The Bertz CT molecular complexity index is 898. The molecule has 0 N–H and O–H groups in total. The third-order valence-electron chi connectivity index (χ3n) is 6.52. The van der Waals surface area contributed by atoms with Gasteiger partial charge < -0.3 is 9.80 Å². The number of piperidine rings is 1. The number of carbonyl (C=O) groups excluding carboxylic acids is 1. The van der Waals surface area contributed by atoms with Crippen LogP contribution in [0.15, 0.2) is 41.7 Å². The van der Waals surface area contributed by atoms with E-state index in [1.165, 1.54) is 11.1 Å². The Morgan fingerprint density at radius 2 is 2.10 bits per heavy atom. The molecule has 3 heterocycles. The Balaban J connectivity index is 1.32. The van der Waals surface area contributed by atoms with Crippen molar-refractivity contribution in [2.75, 3.05) is 44.7 Å². The van der Waals surface area contributed by atoms with E-state index in [1.54, 1.807) is 4.90 Å². The van der Waals surface area contributed by atoms with Gasteiger partial charge in [-0.1, -0.05) is 6.07 Å². The molecular formula is C23H30FN5O. The van der Waals surface area contributed by atoms with Crippen molar-refractivity contribution in [1.82, 2.24) is 14.8 Å². The quantitative estimate of drug-likeness (QED) is 0.686. The number of hydrogen-bond acceptors (Lipinski definition) is 5. The Hall–Kier alpha value is -2.54. The topological polar surface area (TPSA) is 52.0 Å². The maximum Gasteiger partial charge on any atom is 0.237 e. The molecular weight excluding hydrogens is 381 g/mol. The zero-order valence-electron chi connectivity index (χ0n) is 17.6. The van der Waals surface area contributed by atoms with Gasteiger partial charge in [0.05, 0.1) is 25.7 Å². The molecule has 1 aromatic heterocycles. The lowest BCUT2D eigenvalue weighted by atomic mass is 10.0. The molecule has 0 spiro atoms. The van der Waals surface area contributed by atoms with Gasteiger partial charge in [0.1, 0.15) is 6.17 Å². The van der Waals surface area contributed by atoms with E-state index in [1.807, 2.05) is 18.5 Å². The number of nitrogens with zero attached hydrogens (tertiary/aromatic N) is 5. The van der Waals surface area contributed by atoms with Crippen LogP contribution in [0, 0.1) is 0 Å². The van der Waals surface area contributed by atoms with Gasteiger partial charge in [-0.3, -0.25) is 19.7 Å². The van der Waals surface area contributed by atoms with Gasteiger partial charge in [0.25, 0.3) is 0 Å². The molecule has 0 aliphatic carbocycles. The van der Waals surface area contributed by atoms with Crippen molar-refractivity contribution in [2.45, 2.75) is 37.5 Å². The molecule has 2 aliphatic rings. The Kier molecular flexibility index (Phi) is 6.27. The molecule has 2 saturated heterocycles. The van der Waals surface area contributed by atoms with Gasteiger partial charge in [-0.15, -0.1) is 0 Å². The summed E-state index contributed by atoms with van der Waals surface area (Å²) in [5, 5.41) is 2.34. The third-order valence-corrected chi connectivity index (χ3v) is 6.52. The van der Waals surface area contributed by atoms with Gasteiger partial charge >= 0.3 is 0 Å². The molecule has 0 unspecified atom stereocenters. The van der Waals surface area contributed by atoms with Gasteiger partial charge in [-0.25, -0.2) is 4.39 Å². The fourth-order valence-electron chi connectivity index (χ4n) is 4.74. The van der Waals surface area contributed by atoms with Crippen molar-refractivity contribution in [1.29, 1.82) is 0 Å². The molecule has 0 saturated carbocycles. The first-order valence-electron chi connectivity index (χ1n) is 10.7.